The van der Waals surface area contributed by atoms with Crippen molar-refractivity contribution in [1.29, 1.82) is 0 Å². The molecular formula is C21H21Cl2F2N3O2. The van der Waals surface area contributed by atoms with E-state index < -0.39 is 11.6 Å². The summed E-state index contributed by atoms with van der Waals surface area (Å²) in [6.07, 6.45) is 1.24. The van der Waals surface area contributed by atoms with Crippen LogP contribution in [0.4, 0.5) is 20.2 Å². The SMILES string of the molecule is CNC(=O)CNc1cc(Cl)c(N2CC(Cc3ccc(F)cc3F)CCC2=O)c(Cl)c1. The summed E-state index contributed by atoms with van der Waals surface area (Å²) in [5, 5.41) is 5.95. The van der Waals surface area contributed by atoms with Crippen molar-refractivity contribution in [3.05, 3.63) is 57.6 Å². The number of rotatable bonds is 6. The molecule has 160 valence electrons. The third-order valence-corrected chi connectivity index (χ3v) is 5.63. The molecule has 2 N–H and O–H groups in total. The lowest BCUT2D eigenvalue weighted by Gasteiger charge is -2.34. The highest BCUT2D eigenvalue weighted by atomic mass is 35.5. The molecule has 3 rings (SSSR count). The molecule has 1 atom stereocenters. The number of nitrogens with one attached hydrogen (secondary N) is 2. The normalized spacial score (nSPS) is 16.5. The first-order valence-electron chi connectivity index (χ1n) is 9.46. The van der Waals surface area contributed by atoms with E-state index in [1.165, 1.54) is 24.1 Å². The Hall–Kier alpha value is -2.38. The highest BCUT2D eigenvalue weighted by Crippen LogP contribution is 2.39. The number of benzene rings is 2. The van der Waals surface area contributed by atoms with Crippen LogP contribution in [0, 0.1) is 17.6 Å². The summed E-state index contributed by atoms with van der Waals surface area (Å²) in [5.74, 6) is -1.57. The maximum absolute atomic E-state index is 14.0. The summed E-state index contributed by atoms with van der Waals surface area (Å²) in [6, 6.07) is 6.71. The van der Waals surface area contributed by atoms with E-state index in [0.717, 1.165) is 6.07 Å². The summed E-state index contributed by atoms with van der Waals surface area (Å²) < 4.78 is 27.2. The highest BCUT2D eigenvalue weighted by molar-refractivity contribution is 6.40. The number of amides is 2. The van der Waals surface area contributed by atoms with Crippen LogP contribution in [0.5, 0.6) is 0 Å². The van der Waals surface area contributed by atoms with Gasteiger partial charge < -0.3 is 15.5 Å². The molecule has 1 unspecified atom stereocenters. The van der Waals surface area contributed by atoms with Crippen molar-refractivity contribution in [3.8, 4) is 0 Å². The molecule has 2 aromatic rings. The van der Waals surface area contributed by atoms with Gasteiger partial charge in [0.2, 0.25) is 11.8 Å². The van der Waals surface area contributed by atoms with Gasteiger partial charge in [0, 0.05) is 31.8 Å². The van der Waals surface area contributed by atoms with Gasteiger partial charge in [0.15, 0.2) is 0 Å². The average molecular weight is 456 g/mol. The first kappa shape index (κ1) is 22.3. The lowest BCUT2D eigenvalue weighted by atomic mass is 9.90. The number of piperidine rings is 1. The monoisotopic (exact) mass is 455 g/mol. The Morgan fingerprint density at radius 3 is 2.53 bits per heavy atom. The molecule has 0 bridgehead atoms. The maximum atomic E-state index is 14.0. The topological polar surface area (TPSA) is 61.4 Å². The molecule has 2 amide bonds. The Morgan fingerprint density at radius 1 is 1.20 bits per heavy atom. The third-order valence-electron chi connectivity index (χ3n) is 5.05. The smallest absolute Gasteiger partial charge is 0.239 e. The van der Waals surface area contributed by atoms with E-state index in [0.29, 0.717) is 36.3 Å². The van der Waals surface area contributed by atoms with Crippen molar-refractivity contribution in [2.24, 2.45) is 5.92 Å². The quantitative estimate of drug-likeness (QED) is 0.677. The second kappa shape index (κ2) is 9.62. The van der Waals surface area contributed by atoms with Crippen LogP contribution in [0.1, 0.15) is 18.4 Å². The standard InChI is InChI=1S/C21H21Cl2F2N3O2/c1-26-19(29)10-27-15-8-16(22)21(17(23)9-15)28-11-12(2-5-20(28)30)6-13-3-4-14(24)7-18(13)25/h3-4,7-9,12,27H,2,5-6,10-11H2,1H3,(H,26,29). The van der Waals surface area contributed by atoms with E-state index in [-0.39, 0.29) is 40.7 Å². The van der Waals surface area contributed by atoms with Gasteiger partial charge in [-0.05, 0) is 42.5 Å². The minimum atomic E-state index is -0.625. The Morgan fingerprint density at radius 2 is 1.90 bits per heavy atom. The minimum absolute atomic E-state index is 0.0270. The average Bonchev–Trinajstić information content (AvgIpc) is 2.70. The van der Waals surface area contributed by atoms with Gasteiger partial charge in [-0.2, -0.15) is 0 Å². The predicted octanol–water partition coefficient (Wildman–Crippen LogP) is 4.42. The summed E-state index contributed by atoms with van der Waals surface area (Å²) >= 11 is 12.8. The molecule has 1 heterocycles. The lowest BCUT2D eigenvalue weighted by molar-refractivity contribution is -0.120. The number of carbonyl (C=O) groups is 2. The van der Waals surface area contributed by atoms with Crippen LogP contribution in [-0.2, 0) is 16.0 Å². The van der Waals surface area contributed by atoms with Crippen LogP contribution in [0.15, 0.2) is 30.3 Å². The largest absolute Gasteiger partial charge is 0.376 e. The zero-order valence-corrected chi connectivity index (χ0v) is 17.8. The van der Waals surface area contributed by atoms with Gasteiger partial charge in [-0.1, -0.05) is 29.3 Å². The first-order valence-corrected chi connectivity index (χ1v) is 10.2. The fraction of sp³-hybridized carbons (Fsp3) is 0.333. The highest BCUT2D eigenvalue weighted by Gasteiger charge is 2.30. The van der Waals surface area contributed by atoms with Crippen LogP contribution in [-0.4, -0.2) is 32.0 Å². The molecule has 1 aliphatic heterocycles. The van der Waals surface area contributed by atoms with E-state index in [2.05, 4.69) is 10.6 Å². The van der Waals surface area contributed by atoms with Gasteiger partial charge in [0.1, 0.15) is 11.6 Å². The molecule has 0 saturated carbocycles. The number of likely N-dealkylation sites (N-methyl/N-ethyl adjacent to an activating group) is 1. The van der Waals surface area contributed by atoms with E-state index in [4.69, 9.17) is 23.2 Å². The lowest BCUT2D eigenvalue weighted by Crippen LogP contribution is -2.41. The fourth-order valence-corrected chi connectivity index (χ4v) is 4.18. The van der Waals surface area contributed by atoms with Crippen LogP contribution < -0.4 is 15.5 Å². The first-order chi connectivity index (χ1) is 14.3. The molecule has 0 aliphatic carbocycles. The Bertz CT molecular complexity index is 948. The van der Waals surface area contributed by atoms with Crippen molar-refractivity contribution < 1.29 is 18.4 Å². The number of hydrogen-bond donors (Lipinski definition) is 2. The second-order valence-electron chi connectivity index (χ2n) is 7.16. The Kier molecular flexibility index (Phi) is 7.15. The molecule has 0 spiro atoms. The summed E-state index contributed by atoms with van der Waals surface area (Å²) in [4.78, 5) is 25.5. The van der Waals surface area contributed by atoms with Crippen LogP contribution >= 0.6 is 23.2 Å². The van der Waals surface area contributed by atoms with E-state index in [9.17, 15) is 18.4 Å². The molecule has 2 aromatic carbocycles. The molecular weight excluding hydrogens is 435 g/mol. The van der Waals surface area contributed by atoms with Gasteiger partial charge in [-0.15, -0.1) is 0 Å². The predicted molar refractivity (Wildman–Crippen MR) is 114 cm³/mol. The molecule has 1 aliphatic rings. The van der Waals surface area contributed by atoms with Crippen LogP contribution in [0.2, 0.25) is 10.0 Å². The van der Waals surface area contributed by atoms with E-state index in [1.807, 2.05) is 0 Å². The number of nitrogens with zero attached hydrogens (tertiary/aromatic N) is 1. The molecule has 1 saturated heterocycles. The molecule has 0 radical (unpaired) electrons. The van der Waals surface area contributed by atoms with Crippen molar-refractivity contribution in [1.82, 2.24) is 5.32 Å². The summed E-state index contributed by atoms with van der Waals surface area (Å²) in [7, 11) is 1.53. The van der Waals surface area contributed by atoms with Gasteiger partial charge >= 0.3 is 0 Å². The molecule has 1 fully saturated rings. The zero-order chi connectivity index (χ0) is 21.8. The summed E-state index contributed by atoms with van der Waals surface area (Å²) in [6.45, 7) is 0.372. The van der Waals surface area contributed by atoms with Gasteiger partial charge in [-0.25, -0.2) is 8.78 Å². The number of carbonyl (C=O) groups excluding carboxylic acids is 2. The third kappa shape index (κ3) is 5.21. The summed E-state index contributed by atoms with van der Waals surface area (Å²) in [5.41, 5.74) is 1.34. The van der Waals surface area contributed by atoms with Crippen molar-refractivity contribution in [2.45, 2.75) is 19.3 Å². The zero-order valence-electron chi connectivity index (χ0n) is 16.3. The van der Waals surface area contributed by atoms with Crippen LogP contribution in [0.3, 0.4) is 0 Å². The van der Waals surface area contributed by atoms with Crippen molar-refractivity contribution in [2.75, 3.05) is 30.4 Å². The Balaban J connectivity index is 1.78. The van der Waals surface area contributed by atoms with Crippen molar-refractivity contribution in [3.63, 3.8) is 0 Å². The molecule has 30 heavy (non-hydrogen) atoms. The molecule has 5 nitrogen and oxygen atoms in total. The number of anilines is 2. The van der Waals surface area contributed by atoms with Crippen LogP contribution in [0.25, 0.3) is 0 Å². The van der Waals surface area contributed by atoms with E-state index >= 15 is 0 Å². The number of halogens is 4. The van der Waals surface area contributed by atoms with Crippen molar-refractivity contribution >= 4 is 46.4 Å². The Labute approximate surface area is 183 Å². The minimum Gasteiger partial charge on any atom is -0.376 e. The molecule has 0 aromatic heterocycles. The van der Waals surface area contributed by atoms with Gasteiger partial charge in [-0.3, -0.25) is 9.59 Å². The fourth-order valence-electron chi connectivity index (χ4n) is 3.49. The van der Waals surface area contributed by atoms with Gasteiger partial charge in [0.25, 0.3) is 0 Å². The van der Waals surface area contributed by atoms with Gasteiger partial charge in [0.05, 0.1) is 22.3 Å². The number of hydrogen-bond acceptors (Lipinski definition) is 3. The maximum Gasteiger partial charge on any atom is 0.239 e. The second-order valence-corrected chi connectivity index (χ2v) is 7.98. The molecule has 9 heteroatoms. The van der Waals surface area contributed by atoms with E-state index in [1.54, 1.807) is 12.1 Å².